The van der Waals surface area contributed by atoms with Crippen molar-refractivity contribution in [3.8, 4) is 0 Å². The predicted octanol–water partition coefficient (Wildman–Crippen LogP) is 1.33. The molecule has 1 aromatic rings. The third kappa shape index (κ3) is 2.91. The van der Waals surface area contributed by atoms with Gasteiger partial charge >= 0.3 is 6.09 Å². The molecule has 8 heteroatoms. The van der Waals surface area contributed by atoms with Crippen molar-refractivity contribution >= 4 is 24.6 Å². The maximum absolute atomic E-state index is 12.5. The molecule has 1 aromatic heterocycles. The van der Waals surface area contributed by atoms with Crippen LogP contribution in [0.5, 0.6) is 0 Å². The highest BCUT2D eigenvalue weighted by Gasteiger charge is 2.40. The quantitative estimate of drug-likeness (QED) is 0.764. The molecule has 7 nitrogen and oxygen atoms in total. The molecule has 0 aliphatic carbocycles. The zero-order valence-corrected chi connectivity index (χ0v) is 13.3. The van der Waals surface area contributed by atoms with Gasteiger partial charge in [0.2, 0.25) is 0 Å². The summed E-state index contributed by atoms with van der Waals surface area (Å²) in [5.41, 5.74) is 0.574. The molecule has 0 spiro atoms. The number of carbonyl (C=O) groups excluding carboxylic acids is 2. The van der Waals surface area contributed by atoms with Crippen LogP contribution in [-0.2, 0) is 17.9 Å². The molecule has 0 bridgehead atoms. The minimum Gasteiger partial charge on any atom is -0.443 e. The number of aliphatic hydroxyl groups is 1. The number of imide groups is 1. The molecule has 1 unspecified atom stereocenters. The van der Waals surface area contributed by atoms with E-state index in [1.807, 2.05) is 0 Å². The van der Waals surface area contributed by atoms with Crippen LogP contribution in [0.1, 0.15) is 42.5 Å². The van der Waals surface area contributed by atoms with Crippen LogP contribution in [0.2, 0.25) is 0 Å². The van der Waals surface area contributed by atoms with E-state index in [9.17, 15) is 14.7 Å². The molecule has 1 N–H and O–H groups in total. The molecular formula is C13H19N3O4S. The molecule has 2 amide bonds. The van der Waals surface area contributed by atoms with Gasteiger partial charge < -0.3 is 9.84 Å². The molecule has 0 fully saturated rings. The Hall–Kier alpha value is -1.54. The number of aliphatic hydroxyl groups excluding tert-OH is 1. The number of fused-ring (bicyclic) bond motifs is 1. The fourth-order valence-electron chi connectivity index (χ4n) is 2.16. The van der Waals surface area contributed by atoms with Crippen molar-refractivity contribution < 1.29 is 19.4 Å². The van der Waals surface area contributed by atoms with Crippen molar-refractivity contribution in [2.75, 3.05) is 0 Å². The molecule has 1 atom stereocenters. The Labute approximate surface area is 128 Å². The van der Waals surface area contributed by atoms with Crippen molar-refractivity contribution in [3.05, 3.63) is 17.0 Å². The van der Waals surface area contributed by atoms with Gasteiger partial charge in [0.05, 0.1) is 18.8 Å². The van der Waals surface area contributed by atoms with Gasteiger partial charge in [0.25, 0.3) is 5.91 Å². The summed E-state index contributed by atoms with van der Waals surface area (Å²) in [7, 11) is 0. The summed E-state index contributed by atoms with van der Waals surface area (Å²) in [6.07, 6.45) is -0.732. The van der Waals surface area contributed by atoms with Gasteiger partial charge in [0.15, 0.2) is 0 Å². The van der Waals surface area contributed by atoms with Crippen LogP contribution >= 0.6 is 12.6 Å². The summed E-state index contributed by atoms with van der Waals surface area (Å²) < 4.78 is 6.72. The van der Waals surface area contributed by atoms with E-state index >= 15 is 0 Å². The zero-order valence-electron chi connectivity index (χ0n) is 12.5. The predicted molar refractivity (Wildman–Crippen MR) is 78.1 cm³/mol. The van der Waals surface area contributed by atoms with Gasteiger partial charge in [-0.05, 0) is 27.7 Å². The first kappa shape index (κ1) is 15.8. The number of hydrogen-bond acceptors (Lipinski definition) is 6. The lowest BCUT2D eigenvalue weighted by molar-refractivity contribution is 0.0185. The van der Waals surface area contributed by atoms with Crippen LogP contribution in [0, 0.1) is 6.92 Å². The normalized spacial score (nSPS) is 18.7. The molecule has 1 aliphatic heterocycles. The first-order valence-corrected chi connectivity index (χ1v) is 7.09. The van der Waals surface area contributed by atoms with E-state index in [4.69, 9.17) is 4.74 Å². The van der Waals surface area contributed by atoms with Crippen LogP contribution in [0.3, 0.4) is 0 Å². The fourth-order valence-corrected chi connectivity index (χ4v) is 2.51. The van der Waals surface area contributed by atoms with E-state index in [-0.39, 0.29) is 18.8 Å². The Morgan fingerprint density at radius 1 is 1.52 bits per heavy atom. The summed E-state index contributed by atoms with van der Waals surface area (Å²) in [4.78, 5) is 25.7. The van der Waals surface area contributed by atoms with Crippen LogP contribution in [-0.4, -0.2) is 42.8 Å². The van der Waals surface area contributed by atoms with Crippen molar-refractivity contribution in [2.45, 2.75) is 51.8 Å². The fraction of sp³-hybridized carbons (Fsp3) is 0.615. The Kier molecular flexibility index (Phi) is 4.03. The molecule has 116 valence electrons. The van der Waals surface area contributed by atoms with E-state index in [0.717, 1.165) is 4.90 Å². The van der Waals surface area contributed by atoms with Crippen molar-refractivity contribution in [2.24, 2.45) is 0 Å². The Morgan fingerprint density at radius 3 is 2.67 bits per heavy atom. The first-order chi connectivity index (χ1) is 9.65. The smallest absolute Gasteiger partial charge is 0.418 e. The second-order valence-electron chi connectivity index (χ2n) is 5.90. The second-order valence-corrected chi connectivity index (χ2v) is 6.49. The molecule has 0 saturated heterocycles. The average Bonchev–Trinajstić information content (AvgIpc) is 2.63. The van der Waals surface area contributed by atoms with Crippen LogP contribution in [0.25, 0.3) is 0 Å². The SMILES string of the molecule is Cc1c(CO)nn2c1C(=O)N(C(=O)OC(C)(C)C)C(S)C2. The molecular weight excluding hydrogens is 294 g/mol. The summed E-state index contributed by atoms with van der Waals surface area (Å²) >= 11 is 4.28. The van der Waals surface area contributed by atoms with Gasteiger partial charge in [0.1, 0.15) is 16.7 Å². The number of thiol groups is 1. The highest BCUT2D eigenvalue weighted by molar-refractivity contribution is 7.80. The summed E-state index contributed by atoms with van der Waals surface area (Å²) in [5.74, 6) is -0.514. The summed E-state index contributed by atoms with van der Waals surface area (Å²) in [6.45, 7) is 6.87. The van der Waals surface area contributed by atoms with Gasteiger partial charge in [-0.3, -0.25) is 9.48 Å². The van der Waals surface area contributed by atoms with Crippen LogP contribution < -0.4 is 0 Å². The Balaban J connectivity index is 2.36. The topological polar surface area (TPSA) is 84.7 Å². The maximum atomic E-state index is 12.5. The number of amides is 2. The average molecular weight is 313 g/mol. The van der Waals surface area contributed by atoms with E-state index in [1.54, 1.807) is 27.7 Å². The minimum absolute atomic E-state index is 0.254. The lowest BCUT2D eigenvalue weighted by atomic mass is 10.1. The van der Waals surface area contributed by atoms with Crippen LogP contribution in [0.15, 0.2) is 0 Å². The number of ether oxygens (including phenoxy) is 1. The van der Waals surface area contributed by atoms with Gasteiger partial charge in [0, 0.05) is 5.56 Å². The number of nitrogens with zero attached hydrogens (tertiary/aromatic N) is 3. The molecule has 2 rings (SSSR count). The summed E-state index contributed by atoms with van der Waals surface area (Å²) in [6, 6.07) is 0. The number of carbonyl (C=O) groups is 2. The number of aromatic nitrogens is 2. The van der Waals surface area contributed by atoms with Gasteiger partial charge in [-0.25, -0.2) is 9.69 Å². The highest BCUT2D eigenvalue weighted by Crippen LogP contribution is 2.26. The van der Waals surface area contributed by atoms with Crippen LogP contribution in [0.4, 0.5) is 4.79 Å². The third-order valence-electron chi connectivity index (χ3n) is 3.08. The summed E-state index contributed by atoms with van der Waals surface area (Å²) in [5, 5.41) is 12.7. The largest absolute Gasteiger partial charge is 0.443 e. The zero-order chi connectivity index (χ0) is 15.9. The van der Waals surface area contributed by atoms with E-state index < -0.39 is 23.0 Å². The minimum atomic E-state index is -0.732. The number of rotatable bonds is 1. The molecule has 2 heterocycles. The van der Waals surface area contributed by atoms with E-state index in [0.29, 0.717) is 11.3 Å². The maximum Gasteiger partial charge on any atom is 0.418 e. The van der Waals surface area contributed by atoms with E-state index in [2.05, 4.69) is 17.7 Å². The van der Waals surface area contributed by atoms with Crippen molar-refractivity contribution in [3.63, 3.8) is 0 Å². The first-order valence-electron chi connectivity index (χ1n) is 6.57. The molecule has 1 aliphatic rings. The Morgan fingerprint density at radius 2 is 2.14 bits per heavy atom. The van der Waals surface area contributed by atoms with Crippen molar-refractivity contribution in [1.29, 1.82) is 0 Å². The second kappa shape index (κ2) is 5.34. The molecule has 0 radical (unpaired) electrons. The monoisotopic (exact) mass is 313 g/mol. The van der Waals surface area contributed by atoms with E-state index in [1.165, 1.54) is 4.68 Å². The number of hydrogen-bond donors (Lipinski definition) is 2. The van der Waals surface area contributed by atoms with Gasteiger partial charge in [-0.2, -0.15) is 17.7 Å². The molecule has 21 heavy (non-hydrogen) atoms. The highest BCUT2D eigenvalue weighted by atomic mass is 32.1. The molecule has 0 saturated carbocycles. The lowest BCUT2D eigenvalue weighted by Gasteiger charge is -2.33. The lowest BCUT2D eigenvalue weighted by Crippen LogP contribution is -2.50. The van der Waals surface area contributed by atoms with Crippen molar-refractivity contribution in [1.82, 2.24) is 14.7 Å². The van der Waals surface area contributed by atoms with Gasteiger partial charge in [-0.15, -0.1) is 0 Å². The standard InChI is InChI=1S/C13H19N3O4S/c1-7-8(6-17)14-15-5-9(21)16(11(18)10(7)15)12(19)20-13(2,3)4/h9,17,21H,5-6H2,1-4H3. The van der Waals surface area contributed by atoms with Gasteiger partial charge in [-0.1, -0.05) is 0 Å². The Bertz CT molecular complexity index is 591. The third-order valence-corrected chi connectivity index (χ3v) is 3.48. The molecule has 0 aromatic carbocycles.